The number of nitrogens with zero attached hydrogens (tertiary/aromatic N) is 2. The number of nitriles is 1. The number of unbranched alkanes of at least 4 members (excludes halogenated alkanes) is 5. The summed E-state index contributed by atoms with van der Waals surface area (Å²) in [7, 11) is 1.95. The summed E-state index contributed by atoms with van der Waals surface area (Å²) in [5.74, 6) is 0. The summed E-state index contributed by atoms with van der Waals surface area (Å²) in [5.41, 5.74) is 3.17. The lowest BCUT2D eigenvalue weighted by molar-refractivity contribution is 0.571. The van der Waals surface area contributed by atoms with Gasteiger partial charge in [0.25, 0.3) is 0 Å². The normalized spacial score (nSPS) is 10.6. The number of nitrogens with one attached hydrogen (secondary N) is 1. The molecule has 0 unspecified atom stereocenters. The van der Waals surface area contributed by atoms with E-state index < -0.39 is 0 Å². The summed E-state index contributed by atoms with van der Waals surface area (Å²) in [6.45, 7) is 6.26. The van der Waals surface area contributed by atoms with Crippen molar-refractivity contribution in [1.82, 2.24) is 9.88 Å². The van der Waals surface area contributed by atoms with Gasteiger partial charge in [-0.05, 0) is 31.5 Å². The lowest BCUT2D eigenvalue weighted by atomic mass is 10.1. The molecule has 0 saturated carbocycles. The van der Waals surface area contributed by atoms with Crippen LogP contribution in [0.1, 0.15) is 62.4 Å². The second kappa shape index (κ2) is 8.77. The molecule has 1 heterocycles. The molecule has 1 rings (SSSR count). The Balaban J connectivity index is 2.18. The van der Waals surface area contributed by atoms with E-state index in [1.54, 1.807) is 0 Å². The molecule has 0 aliphatic heterocycles. The molecule has 0 fully saturated rings. The van der Waals surface area contributed by atoms with Gasteiger partial charge in [0, 0.05) is 19.3 Å². The minimum atomic E-state index is 0.744. The van der Waals surface area contributed by atoms with Crippen molar-refractivity contribution in [1.29, 1.82) is 5.26 Å². The van der Waals surface area contributed by atoms with Crippen molar-refractivity contribution < 1.29 is 0 Å². The zero-order valence-corrected chi connectivity index (χ0v) is 12.6. The Morgan fingerprint density at radius 1 is 1.21 bits per heavy atom. The molecule has 0 aliphatic rings. The molecule has 1 aromatic rings. The maximum Gasteiger partial charge on any atom is 0.120 e. The highest BCUT2D eigenvalue weighted by molar-refractivity contribution is 5.33. The van der Waals surface area contributed by atoms with Crippen LogP contribution in [0.15, 0.2) is 6.07 Å². The first kappa shape index (κ1) is 15.8. The molecular formula is C16H27N3. The minimum absolute atomic E-state index is 0.744. The summed E-state index contributed by atoms with van der Waals surface area (Å²) in [5, 5.41) is 12.5. The zero-order chi connectivity index (χ0) is 14.1. The van der Waals surface area contributed by atoms with Crippen LogP contribution in [0.2, 0.25) is 0 Å². The molecule has 3 heteroatoms. The van der Waals surface area contributed by atoms with Gasteiger partial charge in [-0.15, -0.1) is 0 Å². The first-order valence-electron chi connectivity index (χ1n) is 7.46. The number of aromatic nitrogens is 1. The molecule has 1 aromatic heterocycles. The van der Waals surface area contributed by atoms with E-state index in [4.69, 9.17) is 5.26 Å². The molecule has 0 bridgehead atoms. The van der Waals surface area contributed by atoms with Crippen LogP contribution in [-0.2, 0) is 13.6 Å². The Hall–Kier alpha value is -1.27. The van der Waals surface area contributed by atoms with E-state index in [0.29, 0.717) is 0 Å². The van der Waals surface area contributed by atoms with Gasteiger partial charge >= 0.3 is 0 Å². The predicted molar refractivity (Wildman–Crippen MR) is 79.9 cm³/mol. The Labute approximate surface area is 117 Å². The molecule has 0 aromatic carbocycles. The fourth-order valence-corrected chi connectivity index (χ4v) is 2.30. The maximum atomic E-state index is 8.98. The van der Waals surface area contributed by atoms with Gasteiger partial charge < -0.3 is 9.88 Å². The van der Waals surface area contributed by atoms with Crippen molar-refractivity contribution in [3.05, 3.63) is 23.0 Å². The fraction of sp³-hybridized carbons (Fsp3) is 0.688. The molecule has 0 atom stereocenters. The third kappa shape index (κ3) is 5.08. The van der Waals surface area contributed by atoms with Crippen LogP contribution in [-0.4, -0.2) is 11.1 Å². The van der Waals surface area contributed by atoms with Crippen molar-refractivity contribution in [2.75, 3.05) is 6.54 Å². The molecule has 0 spiro atoms. The van der Waals surface area contributed by atoms with Crippen LogP contribution < -0.4 is 5.32 Å². The molecule has 0 aliphatic carbocycles. The lowest BCUT2D eigenvalue weighted by Gasteiger charge is -2.05. The molecule has 3 nitrogen and oxygen atoms in total. The standard InChI is InChI=1S/C16H27N3/c1-4-5-6-7-8-9-10-18-13-15-11-16(12-17)19(3)14(15)2/h11,18H,4-10,13H2,1-3H3. The largest absolute Gasteiger partial charge is 0.340 e. The van der Waals surface area contributed by atoms with Crippen LogP contribution in [0.3, 0.4) is 0 Å². The summed E-state index contributed by atoms with van der Waals surface area (Å²) >= 11 is 0. The van der Waals surface area contributed by atoms with Crippen molar-refractivity contribution in [3.63, 3.8) is 0 Å². The van der Waals surface area contributed by atoms with Crippen LogP contribution >= 0.6 is 0 Å². The average molecular weight is 261 g/mol. The molecule has 0 radical (unpaired) electrons. The number of hydrogen-bond acceptors (Lipinski definition) is 2. The van der Waals surface area contributed by atoms with Gasteiger partial charge in [0.15, 0.2) is 0 Å². The summed E-state index contributed by atoms with van der Waals surface area (Å²) < 4.78 is 1.96. The highest BCUT2D eigenvalue weighted by Crippen LogP contribution is 2.13. The van der Waals surface area contributed by atoms with Gasteiger partial charge in [-0.25, -0.2) is 0 Å². The maximum absolute atomic E-state index is 8.98. The Kier molecular flexibility index (Phi) is 7.28. The topological polar surface area (TPSA) is 40.8 Å². The highest BCUT2D eigenvalue weighted by Gasteiger charge is 2.07. The van der Waals surface area contributed by atoms with Crippen molar-refractivity contribution >= 4 is 0 Å². The van der Waals surface area contributed by atoms with E-state index in [-0.39, 0.29) is 0 Å². The van der Waals surface area contributed by atoms with Crippen molar-refractivity contribution in [2.24, 2.45) is 7.05 Å². The van der Waals surface area contributed by atoms with Crippen molar-refractivity contribution in [3.8, 4) is 6.07 Å². The summed E-state index contributed by atoms with van der Waals surface area (Å²) in [4.78, 5) is 0. The molecular weight excluding hydrogens is 234 g/mol. The molecule has 1 N–H and O–H groups in total. The van der Waals surface area contributed by atoms with Gasteiger partial charge in [-0.1, -0.05) is 39.0 Å². The average Bonchev–Trinajstić information content (AvgIpc) is 2.69. The summed E-state index contributed by atoms with van der Waals surface area (Å²) in [6, 6.07) is 4.21. The Morgan fingerprint density at radius 2 is 1.89 bits per heavy atom. The van der Waals surface area contributed by atoms with Gasteiger partial charge in [-0.3, -0.25) is 0 Å². The van der Waals surface area contributed by atoms with Gasteiger partial charge in [0.1, 0.15) is 11.8 Å². The van der Waals surface area contributed by atoms with Crippen LogP contribution in [0.5, 0.6) is 0 Å². The van der Waals surface area contributed by atoms with E-state index in [2.05, 4.69) is 25.2 Å². The second-order valence-corrected chi connectivity index (χ2v) is 5.26. The van der Waals surface area contributed by atoms with E-state index in [0.717, 1.165) is 18.8 Å². The zero-order valence-electron chi connectivity index (χ0n) is 12.6. The smallest absolute Gasteiger partial charge is 0.120 e. The quantitative estimate of drug-likeness (QED) is 0.689. The fourth-order valence-electron chi connectivity index (χ4n) is 2.30. The van der Waals surface area contributed by atoms with E-state index >= 15 is 0 Å². The van der Waals surface area contributed by atoms with E-state index in [1.165, 1.54) is 49.8 Å². The molecule has 19 heavy (non-hydrogen) atoms. The third-order valence-corrected chi connectivity index (χ3v) is 3.78. The van der Waals surface area contributed by atoms with Gasteiger partial charge in [0.2, 0.25) is 0 Å². The SMILES string of the molecule is CCCCCCCCNCc1cc(C#N)n(C)c1C. The van der Waals surface area contributed by atoms with E-state index in [9.17, 15) is 0 Å². The first-order valence-corrected chi connectivity index (χ1v) is 7.46. The lowest BCUT2D eigenvalue weighted by Crippen LogP contribution is -2.15. The predicted octanol–water partition coefficient (Wildman–Crippen LogP) is 3.66. The summed E-state index contributed by atoms with van der Waals surface area (Å²) in [6.07, 6.45) is 7.99. The first-order chi connectivity index (χ1) is 9.20. The number of hydrogen-bond donors (Lipinski definition) is 1. The highest BCUT2D eigenvalue weighted by atomic mass is 15.0. The monoisotopic (exact) mass is 261 g/mol. The molecule has 106 valence electrons. The van der Waals surface area contributed by atoms with Crippen LogP contribution in [0.25, 0.3) is 0 Å². The van der Waals surface area contributed by atoms with Crippen LogP contribution in [0.4, 0.5) is 0 Å². The number of rotatable bonds is 9. The second-order valence-electron chi connectivity index (χ2n) is 5.26. The molecule has 0 amide bonds. The Morgan fingerprint density at radius 3 is 2.53 bits per heavy atom. The van der Waals surface area contributed by atoms with Gasteiger partial charge in [0.05, 0.1) is 0 Å². The van der Waals surface area contributed by atoms with Crippen molar-refractivity contribution in [2.45, 2.75) is 58.9 Å². The van der Waals surface area contributed by atoms with Crippen LogP contribution in [0, 0.1) is 18.3 Å². The third-order valence-electron chi connectivity index (χ3n) is 3.78. The Bertz CT molecular complexity index is 412. The molecule has 0 saturated heterocycles. The van der Waals surface area contributed by atoms with Gasteiger partial charge in [-0.2, -0.15) is 5.26 Å². The van der Waals surface area contributed by atoms with E-state index in [1.807, 2.05) is 17.7 Å². The minimum Gasteiger partial charge on any atom is -0.340 e.